The Morgan fingerprint density at radius 3 is 1.26 bits per heavy atom. The van der Waals surface area contributed by atoms with E-state index >= 15 is 0 Å². The van der Waals surface area contributed by atoms with Crippen LogP contribution in [0.1, 0.15) is 59.8 Å². The standard InChI is InChI=1S/C18H28P2.C15H16P.2ClH.Ru/c1-13-9-10-14(2)19(13)17-7-5-6-8-18(17)20-15(3)11-12-16(20)4;1-2-13-16(14-9-5-3-6-10-14)15-11-7-4-8-12-15;;;/h5-8,13-16H,9-12H2,1-4H3;3-12H,1-2,13H2;2*1H;/q;-1;;;+2/p+1. The number of rotatable bonds is 6. The predicted molar refractivity (Wildman–Crippen MR) is 186 cm³/mol. The zero-order valence-electron chi connectivity index (χ0n) is 24.0. The molecule has 0 radical (unpaired) electrons. The molecule has 3 aromatic rings. The molecule has 4 unspecified atom stereocenters. The molecule has 6 heteroatoms. The van der Waals surface area contributed by atoms with Crippen molar-refractivity contribution in [2.24, 2.45) is 0 Å². The van der Waals surface area contributed by atoms with Crippen LogP contribution >= 0.6 is 43.1 Å². The van der Waals surface area contributed by atoms with Crippen molar-refractivity contribution in [1.82, 2.24) is 0 Å². The SMILES string of the molecule is CC1CCC(C)[PH+]1c1ccccc1[PH+]1C(C)CCC1C.[CH2-]CC[PH+](c1ccccc1)c1ccccc1.[Cl][Ru][Cl]. The van der Waals surface area contributed by atoms with E-state index in [-0.39, 0.29) is 31.0 Å². The van der Waals surface area contributed by atoms with E-state index in [1.54, 1.807) is 0 Å². The first-order chi connectivity index (χ1) is 18.9. The zero-order valence-corrected chi connectivity index (χ0v) is 30.2. The molecule has 0 aromatic heterocycles. The summed E-state index contributed by atoms with van der Waals surface area (Å²) in [6.45, 7) is 14.1. The predicted octanol–water partition coefficient (Wildman–Crippen LogP) is 8.96. The second kappa shape index (κ2) is 18.0. The molecule has 0 N–H and O–H groups in total. The molecule has 0 spiro atoms. The maximum atomic E-state index is 4.85. The first-order valence-corrected chi connectivity index (χ1v) is 23.9. The number of hydrogen-bond donors (Lipinski definition) is 0. The summed E-state index contributed by atoms with van der Waals surface area (Å²) in [5, 5.41) is 6.65. The Bertz CT molecular complexity index is 982. The Hall–Kier alpha value is 0.153. The van der Waals surface area contributed by atoms with E-state index in [1.807, 2.05) is 10.6 Å². The van der Waals surface area contributed by atoms with Gasteiger partial charge in [0.2, 0.25) is 0 Å². The summed E-state index contributed by atoms with van der Waals surface area (Å²) in [5.74, 6) is 0. The maximum absolute atomic E-state index is 4.85. The Balaban J connectivity index is 0.000000200. The van der Waals surface area contributed by atoms with Gasteiger partial charge in [0.15, 0.2) is 0 Å². The summed E-state index contributed by atoms with van der Waals surface area (Å²) in [4.78, 5) is 0. The molecule has 0 bridgehead atoms. The molecule has 2 aliphatic heterocycles. The van der Waals surface area contributed by atoms with E-state index < -0.39 is 7.92 Å². The molecule has 5 rings (SSSR count). The minimum atomic E-state index is -0.613. The third-order valence-electron chi connectivity index (χ3n) is 8.41. The minimum absolute atomic E-state index is 0.332. The van der Waals surface area contributed by atoms with Crippen molar-refractivity contribution in [3.63, 3.8) is 0 Å². The van der Waals surface area contributed by atoms with Crippen LogP contribution in [-0.2, 0) is 15.1 Å². The Labute approximate surface area is 258 Å². The van der Waals surface area contributed by atoms with Crippen LogP contribution in [0.4, 0.5) is 0 Å². The second-order valence-corrected chi connectivity index (χ2v) is 23.2. The van der Waals surface area contributed by atoms with Gasteiger partial charge < -0.3 is 6.92 Å². The zero-order chi connectivity index (χ0) is 28.2. The molecule has 3 aromatic carbocycles. The summed E-state index contributed by atoms with van der Waals surface area (Å²) >= 11 is -0.346. The quantitative estimate of drug-likeness (QED) is 0.136. The van der Waals surface area contributed by atoms with Gasteiger partial charge >= 0.3 is 34.5 Å². The Morgan fingerprint density at radius 2 is 0.949 bits per heavy atom. The first kappa shape index (κ1) is 33.7. The van der Waals surface area contributed by atoms with Crippen molar-refractivity contribution in [2.45, 2.75) is 82.4 Å². The van der Waals surface area contributed by atoms with Gasteiger partial charge in [0.05, 0.1) is 41.2 Å². The van der Waals surface area contributed by atoms with Gasteiger partial charge in [0.25, 0.3) is 0 Å². The van der Waals surface area contributed by atoms with Gasteiger partial charge in [-0.2, -0.15) is 0 Å². The number of halogens is 2. The fourth-order valence-corrected chi connectivity index (χ4v) is 17.2. The van der Waals surface area contributed by atoms with E-state index in [9.17, 15) is 0 Å². The van der Waals surface area contributed by atoms with Gasteiger partial charge in [-0.05, 0) is 89.8 Å². The van der Waals surface area contributed by atoms with Gasteiger partial charge in [-0.3, -0.25) is 0 Å². The molecule has 0 saturated carbocycles. The van der Waals surface area contributed by atoms with Crippen molar-refractivity contribution in [1.29, 1.82) is 0 Å². The van der Waals surface area contributed by atoms with E-state index in [0.717, 1.165) is 29.1 Å². The normalized spacial score (nSPS) is 26.1. The molecule has 2 heterocycles. The first-order valence-electron chi connectivity index (χ1n) is 14.4. The van der Waals surface area contributed by atoms with Crippen LogP contribution in [-0.4, -0.2) is 28.8 Å². The molecule has 4 atom stereocenters. The van der Waals surface area contributed by atoms with Gasteiger partial charge in [-0.15, -0.1) is 6.42 Å². The fraction of sp³-hybridized carbons (Fsp3) is 0.424. The van der Waals surface area contributed by atoms with Gasteiger partial charge in [0, 0.05) is 22.0 Å². The summed E-state index contributed by atoms with van der Waals surface area (Å²) in [6.07, 6.45) is 8.10. The topological polar surface area (TPSA) is 0 Å². The van der Waals surface area contributed by atoms with Crippen LogP contribution in [0.2, 0.25) is 0 Å². The molecule has 214 valence electrons. The van der Waals surface area contributed by atoms with Crippen molar-refractivity contribution in [2.75, 3.05) is 6.16 Å². The second-order valence-electron chi connectivity index (χ2n) is 11.1. The summed E-state index contributed by atoms with van der Waals surface area (Å²) < 4.78 is 0. The van der Waals surface area contributed by atoms with Crippen LogP contribution in [0.15, 0.2) is 84.9 Å². The summed E-state index contributed by atoms with van der Waals surface area (Å²) in [5.41, 5.74) is 3.91. The third-order valence-corrected chi connectivity index (χ3v) is 19.1. The molecule has 0 amide bonds. The van der Waals surface area contributed by atoms with Crippen LogP contribution < -0.4 is 21.2 Å². The van der Waals surface area contributed by atoms with Crippen LogP contribution in [0.3, 0.4) is 0 Å². The Kier molecular flexibility index (Phi) is 15.5. The van der Waals surface area contributed by atoms with Crippen molar-refractivity contribution < 1.29 is 15.1 Å². The fourth-order valence-electron chi connectivity index (χ4n) is 6.55. The van der Waals surface area contributed by atoms with Gasteiger partial charge in [0.1, 0.15) is 10.6 Å². The van der Waals surface area contributed by atoms with Crippen molar-refractivity contribution in [3.05, 3.63) is 91.9 Å². The third kappa shape index (κ3) is 9.58. The van der Waals surface area contributed by atoms with Crippen molar-refractivity contribution >= 4 is 64.4 Å². The summed E-state index contributed by atoms with van der Waals surface area (Å²) in [7, 11) is 8.43. The molecule has 2 saturated heterocycles. The number of hydrogen-bond acceptors (Lipinski definition) is 0. The molecule has 39 heavy (non-hydrogen) atoms. The monoisotopic (exact) mass is 708 g/mol. The van der Waals surface area contributed by atoms with Gasteiger partial charge in [-0.25, -0.2) is 0 Å². The molecular formula is C33H47Cl2P3Ru+2. The number of benzene rings is 3. The molecule has 2 fully saturated rings. The van der Waals surface area contributed by atoms with Gasteiger partial charge in [-0.1, -0.05) is 48.5 Å². The molecule has 0 aliphatic carbocycles. The average molecular weight is 709 g/mol. The van der Waals surface area contributed by atoms with E-state index in [0.29, 0.717) is 0 Å². The Morgan fingerprint density at radius 1 is 0.641 bits per heavy atom. The van der Waals surface area contributed by atoms with E-state index in [1.165, 1.54) is 42.5 Å². The molecular weight excluding hydrogens is 661 g/mol. The van der Waals surface area contributed by atoms with E-state index in [2.05, 4.69) is 120 Å². The summed E-state index contributed by atoms with van der Waals surface area (Å²) in [6, 6.07) is 31.3. The van der Waals surface area contributed by atoms with Crippen LogP contribution in [0.5, 0.6) is 0 Å². The molecule has 0 nitrogen and oxygen atoms in total. The molecule has 2 aliphatic rings. The van der Waals surface area contributed by atoms with Crippen LogP contribution in [0.25, 0.3) is 0 Å². The van der Waals surface area contributed by atoms with Crippen LogP contribution in [0, 0.1) is 6.92 Å². The van der Waals surface area contributed by atoms with E-state index in [4.69, 9.17) is 19.4 Å². The average Bonchev–Trinajstić information content (AvgIpc) is 3.48. The van der Waals surface area contributed by atoms with Crippen molar-refractivity contribution in [3.8, 4) is 0 Å².